The topological polar surface area (TPSA) is 24.5 Å². The molecule has 98 valence electrons. The number of hydrogen-bond donors (Lipinski definition) is 1. The molecule has 0 amide bonds. The van der Waals surface area contributed by atoms with Crippen LogP contribution in [0, 0.1) is 0 Å². The van der Waals surface area contributed by atoms with Gasteiger partial charge in [-0.25, -0.2) is 0 Å². The lowest BCUT2D eigenvalue weighted by atomic mass is 9.94. The number of nitrogens with one attached hydrogen (secondary N) is 1. The second-order valence-electron chi connectivity index (χ2n) is 5.28. The van der Waals surface area contributed by atoms with E-state index >= 15 is 0 Å². The molecule has 0 bridgehead atoms. The molecule has 3 heteroatoms. The fourth-order valence-electron chi connectivity index (χ4n) is 3.21. The smallest absolute Gasteiger partial charge is 0.120 e. The van der Waals surface area contributed by atoms with Crippen LogP contribution < -0.4 is 10.1 Å². The lowest BCUT2D eigenvalue weighted by Gasteiger charge is -2.38. The first-order valence-electron chi connectivity index (χ1n) is 7.04. The molecular weight excluding hydrogens is 224 g/mol. The molecule has 2 heterocycles. The number of nitrogens with zero attached hydrogens (tertiary/aromatic N) is 1. The average molecular weight is 246 g/mol. The van der Waals surface area contributed by atoms with Crippen molar-refractivity contribution >= 4 is 5.69 Å². The molecule has 1 aromatic rings. The summed E-state index contributed by atoms with van der Waals surface area (Å²) in [6.07, 6.45) is 5.33. The van der Waals surface area contributed by atoms with Crippen molar-refractivity contribution in [3.8, 4) is 5.75 Å². The summed E-state index contributed by atoms with van der Waals surface area (Å²) in [6, 6.07) is 7.06. The molecule has 1 N–H and O–H groups in total. The number of methoxy groups -OCH3 is 1. The molecule has 0 aromatic heterocycles. The number of piperidine rings is 1. The van der Waals surface area contributed by atoms with Gasteiger partial charge in [-0.1, -0.05) is 12.5 Å². The van der Waals surface area contributed by atoms with Crippen LogP contribution in [-0.4, -0.2) is 31.6 Å². The molecule has 1 fully saturated rings. The Morgan fingerprint density at radius 1 is 1.22 bits per heavy atom. The van der Waals surface area contributed by atoms with E-state index in [4.69, 9.17) is 4.74 Å². The maximum absolute atomic E-state index is 5.31. The molecule has 1 saturated heterocycles. The maximum Gasteiger partial charge on any atom is 0.120 e. The van der Waals surface area contributed by atoms with Gasteiger partial charge in [-0.05, 0) is 44.0 Å². The van der Waals surface area contributed by atoms with Crippen LogP contribution >= 0.6 is 0 Å². The fourth-order valence-corrected chi connectivity index (χ4v) is 3.21. The normalized spacial score (nSPS) is 24.2. The summed E-state index contributed by atoms with van der Waals surface area (Å²) in [4.78, 5) is 2.66. The molecular formula is C15H22N2O. The van der Waals surface area contributed by atoms with Crippen molar-refractivity contribution in [2.24, 2.45) is 0 Å². The molecule has 2 aliphatic rings. The van der Waals surface area contributed by atoms with Crippen LogP contribution in [0.25, 0.3) is 0 Å². The van der Waals surface area contributed by atoms with E-state index in [0.29, 0.717) is 6.04 Å². The number of anilines is 1. The number of hydrogen-bond acceptors (Lipinski definition) is 3. The third-order valence-electron chi connectivity index (χ3n) is 4.18. The Bertz CT molecular complexity index is 413. The number of fused-ring (bicyclic) bond motifs is 1. The first-order valence-corrected chi connectivity index (χ1v) is 7.04. The van der Waals surface area contributed by atoms with E-state index < -0.39 is 0 Å². The number of rotatable bonds is 2. The van der Waals surface area contributed by atoms with Gasteiger partial charge in [0.2, 0.25) is 0 Å². The van der Waals surface area contributed by atoms with Gasteiger partial charge in [0.25, 0.3) is 0 Å². The number of likely N-dealkylation sites (tertiary alicyclic amines) is 1. The van der Waals surface area contributed by atoms with Gasteiger partial charge in [0, 0.05) is 24.3 Å². The van der Waals surface area contributed by atoms with Crippen LogP contribution in [-0.2, 0) is 0 Å². The lowest BCUT2D eigenvalue weighted by molar-refractivity contribution is 0.156. The predicted octanol–water partition coefficient (Wildman–Crippen LogP) is 3.04. The molecule has 0 spiro atoms. The van der Waals surface area contributed by atoms with Crippen molar-refractivity contribution in [3.63, 3.8) is 0 Å². The van der Waals surface area contributed by atoms with E-state index in [0.717, 1.165) is 12.3 Å². The van der Waals surface area contributed by atoms with Crippen molar-refractivity contribution in [3.05, 3.63) is 23.8 Å². The van der Waals surface area contributed by atoms with Crippen molar-refractivity contribution in [2.75, 3.05) is 32.1 Å². The fraction of sp³-hybridized carbons (Fsp3) is 0.600. The zero-order chi connectivity index (χ0) is 12.4. The predicted molar refractivity (Wildman–Crippen MR) is 74.3 cm³/mol. The second-order valence-corrected chi connectivity index (χ2v) is 5.28. The van der Waals surface area contributed by atoms with Gasteiger partial charge in [-0.15, -0.1) is 0 Å². The van der Waals surface area contributed by atoms with Gasteiger partial charge in [-0.2, -0.15) is 0 Å². The van der Waals surface area contributed by atoms with E-state index in [1.54, 1.807) is 7.11 Å². The molecule has 3 nitrogen and oxygen atoms in total. The van der Waals surface area contributed by atoms with Gasteiger partial charge >= 0.3 is 0 Å². The molecule has 3 rings (SSSR count). The van der Waals surface area contributed by atoms with Crippen LogP contribution in [0.1, 0.15) is 37.3 Å². The summed E-state index contributed by atoms with van der Waals surface area (Å²) >= 11 is 0. The molecule has 0 aliphatic carbocycles. The van der Waals surface area contributed by atoms with E-state index in [9.17, 15) is 0 Å². The van der Waals surface area contributed by atoms with Crippen LogP contribution in [0.5, 0.6) is 5.75 Å². The Morgan fingerprint density at radius 2 is 2.06 bits per heavy atom. The van der Waals surface area contributed by atoms with E-state index in [1.807, 2.05) is 0 Å². The lowest BCUT2D eigenvalue weighted by Crippen LogP contribution is -2.36. The second kappa shape index (κ2) is 5.19. The standard InChI is InChI=1S/C15H22N2O/c1-18-12-5-6-13-14(11-12)16-8-7-15(13)17-9-3-2-4-10-17/h5-6,11,15-16H,2-4,7-10H2,1H3. The number of benzene rings is 1. The highest BCUT2D eigenvalue weighted by atomic mass is 16.5. The van der Waals surface area contributed by atoms with E-state index in [1.165, 1.54) is 50.0 Å². The zero-order valence-corrected chi connectivity index (χ0v) is 11.1. The summed E-state index contributed by atoms with van der Waals surface area (Å²) in [7, 11) is 1.73. The van der Waals surface area contributed by atoms with Gasteiger partial charge in [0.1, 0.15) is 5.75 Å². The molecule has 1 aromatic carbocycles. The Labute approximate surface area is 109 Å². The van der Waals surface area contributed by atoms with E-state index in [-0.39, 0.29) is 0 Å². The third-order valence-corrected chi connectivity index (χ3v) is 4.18. The Hall–Kier alpha value is -1.22. The highest BCUT2D eigenvalue weighted by Crippen LogP contribution is 2.37. The SMILES string of the molecule is COc1ccc2c(c1)NCCC2N1CCCCC1. The van der Waals surface area contributed by atoms with Crippen molar-refractivity contribution in [1.82, 2.24) is 4.90 Å². The largest absolute Gasteiger partial charge is 0.497 e. The highest BCUT2D eigenvalue weighted by Gasteiger charge is 2.26. The summed E-state index contributed by atoms with van der Waals surface area (Å²) in [5.41, 5.74) is 2.71. The quantitative estimate of drug-likeness (QED) is 0.868. The number of ether oxygens (including phenoxy) is 1. The highest BCUT2D eigenvalue weighted by molar-refractivity contribution is 5.58. The minimum Gasteiger partial charge on any atom is -0.497 e. The molecule has 2 aliphatic heterocycles. The van der Waals surface area contributed by atoms with Gasteiger partial charge in [-0.3, -0.25) is 4.90 Å². The molecule has 1 atom stereocenters. The van der Waals surface area contributed by atoms with Crippen LogP contribution in [0.2, 0.25) is 0 Å². The third kappa shape index (κ3) is 2.19. The van der Waals surface area contributed by atoms with Crippen LogP contribution in [0.3, 0.4) is 0 Å². The summed E-state index contributed by atoms with van der Waals surface area (Å²) in [5.74, 6) is 0.945. The van der Waals surface area contributed by atoms with E-state index in [2.05, 4.69) is 28.4 Å². The summed E-state index contributed by atoms with van der Waals surface area (Å²) in [5, 5.41) is 3.50. The maximum atomic E-state index is 5.31. The minimum atomic E-state index is 0.604. The van der Waals surface area contributed by atoms with Gasteiger partial charge in [0.05, 0.1) is 7.11 Å². The molecule has 18 heavy (non-hydrogen) atoms. The molecule has 0 saturated carbocycles. The Kier molecular flexibility index (Phi) is 3.41. The minimum absolute atomic E-state index is 0.604. The first kappa shape index (κ1) is 11.8. The first-order chi connectivity index (χ1) is 8.88. The van der Waals surface area contributed by atoms with Gasteiger partial charge in [0.15, 0.2) is 0 Å². The van der Waals surface area contributed by atoms with Crippen LogP contribution in [0.15, 0.2) is 18.2 Å². The average Bonchev–Trinajstić information content (AvgIpc) is 2.47. The van der Waals surface area contributed by atoms with Crippen LogP contribution in [0.4, 0.5) is 5.69 Å². The molecule has 1 unspecified atom stereocenters. The van der Waals surface area contributed by atoms with Crippen molar-refractivity contribution in [1.29, 1.82) is 0 Å². The Balaban J connectivity index is 1.86. The van der Waals surface area contributed by atoms with Gasteiger partial charge < -0.3 is 10.1 Å². The zero-order valence-electron chi connectivity index (χ0n) is 11.1. The molecule has 0 radical (unpaired) electrons. The summed E-state index contributed by atoms with van der Waals surface area (Å²) in [6.45, 7) is 3.59. The monoisotopic (exact) mass is 246 g/mol. The van der Waals surface area contributed by atoms with Crippen molar-refractivity contribution < 1.29 is 4.74 Å². The Morgan fingerprint density at radius 3 is 2.83 bits per heavy atom. The van der Waals surface area contributed by atoms with Crippen molar-refractivity contribution in [2.45, 2.75) is 31.7 Å². The summed E-state index contributed by atoms with van der Waals surface area (Å²) < 4.78 is 5.31.